The molecule has 20 heavy (non-hydrogen) atoms. The second-order valence-corrected chi connectivity index (χ2v) is 6.29. The molecule has 2 aromatic rings. The van der Waals surface area contributed by atoms with Gasteiger partial charge in [-0.25, -0.2) is 13.1 Å². The zero-order chi connectivity index (χ0) is 14.6. The maximum Gasteiger partial charge on any atom is 0.244 e. The summed E-state index contributed by atoms with van der Waals surface area (Å²) in [6.45, 7) is 1.89. The van der Waals surface area contributed by atoms with Crippen LogP contribution in [0.3, 0.4) is 0 Å². The first-order valence-electron chi connectivity index (χ1n) is 6.29. The van der Waals surface area contributed by atoms with E-state index in [0.29, 0.717) is 12.1 Å². The molecule has 0 saturated heterocycles. The quantitative estimate of drug-likeness (QED) is 0.725. The molecule has 7 heteroatoms. The molecule has 0 fully saturated rings. The molecule has 108 valence electrons. The number of aromatic nitrogens is 2. The monoisotopic (exact) mass is 294 g/mol. The molecule has 0 spiro atoms. The molecule has 1 aromatic heterocycles. The van der Waals surface area contributed by atoms with Gasteiger partial charge in [-0.05, 0) is 18.9 Å². The lowest BCUT2D eigenvalue weighted by atomic mass is 10.1. The number of hydrogen-bond acceptors (Lipinski definition) is 4. The summed E-state index contributed by atoms with van der Waals surface area (Å²) in [4.78, 5) is 0.156. The van der Waals surface area contributed by atoms with Crippen molar-refractivity contribution in [1.82, 2.24) is 14.9 Å². The third-order valence-corrected chi connectivity index (χ3v) is 4.64. The van der Waals surface area contributed by atoms with Gasteiger partial charge in [0.05, 0.1) is 11.9 Å². The highest BCUT2D eigenvalue weighted by Gasteiger charge is 2.22. The van der Waals surface area contributed by atoms with Crippen LogP contribution in [0.25, 0.3) is 0 Å². The molecule has 0 saturated carbocycles. The minimum Gasteiger partial charge on any atom is -0.329 e. The van der Waals surface area contributed by atoms with E-state index in [1.165, 1.54) is 6.20 Å². The normalized spacial score (nSPS) is 13.3. The van der Waals surface area contributed by atoms with E-state index in [9.17, 15) is 8.42 Å². The van der Waals surface area contributed by atoms with Crippen LogP contribution in [0.15, 0.2) is 41.4 Å². The minimum atomic E-state index is -3.60. The largest absolute Gasteiger partial charge is 0.329 e. The van der Waals surface area contributed by atoms with Gasteiger partial charge in [-0.1, -0.05) is 30.3 Å². The summed E-state index contributed by atoms with van der Waals surface area (Å²) in [7, 11) is -3.60. The number of sulfonamides is 1. The zero-order valence-electron chi connectivity index (χ0n) is 11.2. The third kappa shape index (κ3) is 3.44. The fraction of sp³-hybridized carbons (Fsp3) is 0.308. The second-order valence-electron chi connectivity index (χ2n) is 4.60. The Hall–Kier alpha value is -1.70. The molecule has 1 atom stereocenters. The van der Waals surface area contributed by atoms with Crippen LogP contribution < -0.4 is 10.5 Å². The number of hydrogen-bond donors (Lipinski definition) is 3. The summed E-state index contributed by atoms with van der Waals surface area (Å²) < 4.78 is 27.1. The van der Waals surface area contributed by atoms with Gasteiger partial charge >= 0.3 is 0 Å². The number of nitrogens with two attached hydrogens (primary N) is 1. The highest BCUT2D eigenvalue weighted by Crippen LogP contribution is 2.12. The van der Waals surface area contributed by atoms with Crippen LogP contribution in [0.1, 0.15) is 11.3 Å². The van der Waals surface area contributed by atoms with E-state index in [-0.39, 0.29) is 17.5 Å². The van der Waals surface area contributed by atoms with Crippen molar-refractivity contribution in [2.45, 2.75) is 24.3 Å². The van der Waals surface area contributed by atoms with Gasteiger partial charge in [0.15, 0.2) is 0 Å². The lowest BCUT2D eigenvalue weighted by Gasteiger charge is -2.16. The van der Waals surface area contributed by atoms with Crippen LogP contribution >= 0.6 is 0 Å². The summed E-state index contributed by atoms with van der Waals surface area (Å²) >= 11 is 0. The van der Waals surface area contributed by atoms with Gasteiger partial charge in [-0.15, -0.1) is 0 Å². The Balaban J connectivity index is 2.12. The van der Waals surface area contributed by atoms with Gasteiger partial charge in [-0.3, -0.25) is 5.10 Å². The highest BCUT2D eigenvalue weighted by molar-refractivity contribution is 7.89. The Morgan fingerprint density at radius 1 is 1.35 bits per heavy atom. The number of aromatic amines is 1. The predicted octanol–water partition coefficient (Wildman–Crippen LogP) is 0.566. The lowest BCUT2D eigenvalue weighted by molar-refractivity contribution is 0.547. The van der Waals surface area contributed by atoms with E-state index in [4.69, 9.17) is 5.73 Å². The number of rotatable bonds is 6. The smallest absolute Gasteiger partial charge is 0.244 e. The average Bonchev–Trinajstić information content (AvgIpc) is 2.86. The SMILES string of the molecule is Cc1[nH]ncc1S(=O)(=O)NC(CN)Cc1ccccc1. The fourth-order valence-electron chi connectivity index (χ4n) is 1.97. The van der Waals surface area contributed by atoms with Crippen LogP contribution in [0.2, 0.25) is 0 Å². The van der Waals surface area contributed by atoms with Gasteiger partial charge in [0.1, 0.15) is 4.90 Å². The molecular weight excluding hydrogens is 276 g/mol. The maximum atomic E-state index is 12.2. The minimum absolute atomic E-state index is 0.156. The van der Waals surface area contributed by atoms with Crippen LogP contribution in [0.4, 0.5) is 0 Å². The summed E-state index contributed by atoms with van der Waals surface area (Å²) in [5, 5.41) is 6.34. The first-order chi connectivity index (χ1) is 9.53. The first kappa shape index (κ1) is 14.7. The molecule has 0 aliphatic carbocycles. The zero-order valence-corrected chi connectivity index (χ0v) is 12.0. The van der Waals surface area contributed by atoms with Crippen LogP contribution in [-0.4, -0.2) is 31.2 Å². The molecule has 2 rings (SSSR count). The second kappa shape index (κ2) is 6.17. The van der Waals surface area contributed by atoms with Crippen molar-refractivity contribution < 1.29 is 8.42 Å². The van der Waals surface area contributed by atoms with Gasteiger partial charge < -0.3 is 5.73 Å². The van der Waals surface area contributed by atoms with Gasteiger partial charge in [0, 0.05) is 12.6 Å². The molecular formula is C13H18N4O2S. The van der Waals surface area contributed by atoms with Gasteiger partial charge in [0.25, 0.3) is 0 Å². The van der Waals surface area contributed by atoms with Crippen molar-refractivity contribution in [3.63, 3.8) is 0 Å². The number of nitrogens with zero attached hydrogens (tertiary/aromatic N) is 1. The van der Waals surface area contributed by atoms with Gasteiger partial charge in [0.2, 0.25) is 10.0 Å². The molecule has 4 N–H and O–H groups in total. The van der Waals surface area contributed by atoms with Crippen molar-refractivity contribution in [2.24, 2.45) is 5.73 Å². The molecule has 0 aliphatic rings. The number of H-pyrrole nitrogens is 1. The lowest BCUT2D eigenvalue weighted by Crippen LogP contribution is -2.41. The van der Waals surface area contributed by atoms with Gasteiger partial charge in [-0.2, -0.15) is 5.10 Å². The molecule has 6 nitrogen and oxygen atoms in total. The van der Waals surface area contributed by atoms with E-state index in [1.807, 2.05) is 30.3 Å². The summed E-state index contributed by atoms with van der Waals surface area (Å²) in [5.41, 5.74) is 7.21. The van der Waals surface area contributed by atoms with Crippen molar-refractivity contribution in [2.75, 3.05) is 6.54 Å². The highest BCUT2D eigenvalue weighted by atomic mass is 32.2. The Morgan fingerprint density at radius 3 is 2.60 bits per heavy atom. The molecule has 0 bridgehead atoms. The summed E-state index contributed by atoms with van der Waals surface area (Å²) in [5.74, 6) is 0. The molecule has 1 aromatic carbocycles. The van der Waals surface area contributed by atoms with E-state index < -0.39 is 10.0 Å². The predicted molar refractivity (Wildman–Crippen MR) is 76.6 cm³/mol. The van der Waals surface area contributed by atoms with E-state index in [2.05, 4.69) is 14.9 Å². The Bertz CT molecular complexity index is 652. The third-order valence-electron chi connectivity index (χ3n) is 3.00. The van der Waals surface area contributed by atoms with Crippen molar-refractivity contribution in [1.29, 1.82) is 0 Å². The van der Waals surface area contributed by atoms with E-state index in [0.717, 1.165) is 5.56 Å². The molecule has 0 aliphatic heterocycles. The molecule has 1 heterocycles. The number of aryl methyl sites for hydroxylation is 1. The standard InChI is InChI=1S/C13H18N4O2S/c1-10-13(9-15-16-10)20(18,19)17-12(8-14)7-11-5-3-2-4-6-11/h2-6,9,12,17H,7-8,14H2,1H3,(H,15,16). The Kier molecular flexibility index (Phi) is 4.53. The summed E-state index contributed by atoms with van der Waals surface area (Å²) in [6, 6.07) is 9.28. The Labute approximate surface area is 118 Å². The van der Waals surface area contributed by atoms with Crippen LogP contribution in [-0.2, 0) is 16.4 Å². The van der Waals surface area contributed by atoms with Crippen LogP contribution in [0, 0.1) is 6.92 Å². The molecule has 0 amide bonds. The fourth-order valence-corrected chi connectivity index (χ4v) is 3.35. The summed E-state index contributed by atoms with van der Waals surface area (Å²) in [6.07, 6.45) is 1.85. The van der Waals surface area contributed by atoms with E-state index in [1.54, 1.807) is 6.92 Å². The Morgan fingerprint density at radius 2 is 2.05 bits per heavy atom. The van der Waals surface area contributed by atoms with Crippen molar-refractivity contribution in [3.05, 3.63) is 47.8 Å². The molecule has 0 radical (unpaired) electrons. The maximum absolute atomic E-state index is 12.2. The number of nitrogens with one attached hydrogen (secondary N) is 2. The van der Waals surface area contributed by atoms with E-state index >= 15 is 0 Å². The number of benzene rings is 1. The van der Waals surface area contributed by atoms with Crippen LogP contribution in [0.5, 0.6) is 0 Å². The molecule has 1 unspecified atom stereocenters. The van der Waals surface area contributed by atoms with Crippen molar-refractivity contribution in [3.8, 4) is 0 Å². The van der Waals surface area contributed by atoms with Crippen molar-refractivity contribution >= 4 is 10.0 Å². The average molecular weight is 294 g/mol. The first-order valence-corrected chi connectivity index (χ1v) is 7.77. The topological polar surface area (TPSA) is 101 Å².